The molecule has 0 fully saturated rings. The lowest BCUT2D eigenvalue weighted by molar-refractivity contribution is 0.414. The fourth-order valence-corrected chi connectivity index (χ4v) is 2.46. The predicted octanol–water partition coefficient (Wildman–Crippen LogP) is 4.34. The van der Waals surface area contributed by atoms with Crippen molar-refractivity contribution in [1.29, 1.82) is 0 Å². The van der Waals surface area contributed by atoms with E-state index in [1.807, 2.05) is 0 Å². The van der Waals surface area contributed by atoms with Crippen LogP contribution in [0.25, 0.3) is 0 Å². The molecule has 0 saturated carbocycles. The fraction of sp³-hybridized carbons (Fsp3) is 0.143. The van der Waals surface area contributed by atoms with E-state index in [1.165, 1.54) is 43.5 Å². The highest BCUT2D eigenvalue weighted by Crippen LogP contribution is 2.18. The first-order chi connectivity index (χ1) is 9.86. The number of methoxy groups -OCH3 is 1. The van der Waals surface area contributed by atoms with Gasteiger partial charge in [0.25, 0.3) is 9.05 Å². The summed E-state index contributed by atoms with van der Waals surface area (Å²) in [6.45, 7) is 0. The lowest BCUT2D eigenvalue weighted by Gasteiger charge is -1.99. The van der Waals surface area contributed by atoms with E-state index in [2.05, 4.69) is 15.9 Å². The molecule has 2 rings (SSSR count). The maximum Gasteiger partial charge on any atom is 0.261 e. The number of hydrogen-bond donors (Lipinski definition) is 0. The molecule has 0 amide bonds. The summed E-state index contributed by atoms with van der Waals surface area (Å²) in [5, 5.41) is 0.785. The van der Waals surface area contributed by atoms with E-state index >= 15 is 0 Å². The predicted molar refractivity (Wildman–Crippen MR) is 85.1 cm³/mol. The zero-order valence-corrected chi connectivity index (χ0v) is 14.3. The summed E-state index contributed by atoms with van der Waals surface area (Å²) in [5.41, 5.74) is 1.09. The molecule has 2 aromatic carbocycles. The van der Waals surface area contributed by atoms with E-state index in [-0.39, 0.29) is 10.7 Å². The van der Waals surface area contributed by atoms with Gasteiger partial charge in [-0.2, -0.15) is 0 Å². The molecule has 0 saturated heterocycles. The molecule has 0 unspecified atom stereocenters. The number of benzene rings is 2. The van der Waals surface area contributed by atoms with Crippen molar-refractivity contribution in [2.24, 2.45) is 0 Å². The average Bonchev–Trinajstić information content (AvgIpc) is 2.48. The maximum atomic E-state index is 12.2. The highest BCUT2D eigenvalue weighted by Gasteiger charge is 2.08. The minimum atomic E-state index is -3.61. The summed E-state index contributed by atoms with van der Waals surface area (Å²) in [4.78, 5) is 0.0740. The molecule has 3 nitrogen and oxygen atoms in total. The number of hydrogen-bond acceptors (Lipinski definition) is 3. The van der Waals surface area contributed by atoms with Crippen LogP contribution in [0.3, 0.4) is 0 Å². The zero-order chi connectivity index (χ0) is 15.9. The lowest BCUT2D eigenvalue weighted by Crippen LogP contribution is -1.90. The lowest BCUT2D eigenvalue weighted by atomic mass is 10.2. The van der Waals surface area contributed by atoms with Crippen molar-refractivity contribution < 1.29 is 17.5 Å². The van der Waals surface area contributed by atoms with Crippen LogP contribution in [0.4, 0.5) is 4.39 Å². The summed E-state index contributed by atoms with van der Waals surface area (Å²) in [6.07, 6.45) is 0. The zero-order valence-electron chi connectivity index (χ0n) is 11.1. The number of alkyl halides is 1. The molecule has 0 aromatic heterocycles. The Kier molecular flexibility index (Phi) is 7.14. The van der Waals surface area contributed by atoms with Crippen LogP contribution in [0.5, 0.6) is 5.75 Å². The van der Waals surface area contributed by atoms with Crippen LogP contribution < -0.4 is 4.74 Å². The Hall–Kier alpha value is -1.11. The molecule has 0 heterocycles. The van der Waals surface area contributed by atoms with Crippen molar-refractivity contribution in [3.05, 3.63) is 59.9 Å². The number of rotatable bonds is 3. The van der Waals surface area contributed by atoms with Crippen molar-refractivity contribution in [2.75, 3.05) is 7.11 Å². The van der Waals surface area contributed by atoms with E-state index in [0.717, 1.165) is 10.9 Å². The van der Waals surface area contributed by atoms with Gasteiger partial charge in [0.15, 0.2) is 0 Å². The molecule has 0 atom stereocenters. The standard InChI is InChI=1S/C7H6BrF.C7H7ClO3S/c8-5-6-1-3-7(9)4-2-6;1-11-6-2-4-7(5-3-6)12(8,9)10/h1-4H,5H2;2-5H,1H3. The van der Waals surface area contributed by atoms with Gasteiger partial charge in [-0.15, -0.1) is 0 Å². The van der Waals surface area contributed by atoms with Crippen molar-refractivity contribution in [3.8, 4) is 5.75 Å². The molecule has 0 radical (unpaired) electrons. The Balaban J connectivity index is 0.000000219. The molecule has 0 aliphatic heterocycles. The van der Waals surface area contributed by atoms with Gasteiger partial charge in [-0.25, -0.2) is 12.8 Å². The van der Waals surface area contributed by atoms with Gasteiger partial charge in [0.2, 0.25) is 0 Å². The van der Waals surface area contributed by atoms with Crippen LogP contribution in [0.2, 0.25) is 0 Å². The van der Waals surface area contributed by atoms with E-state index < -0.39 is 9.05 Å². The van der Waals surface area contributed by atoms with Crippen molar-refractivity contribution >= 4 is 35.7 Å². The summed E-state index contributed by atoms with van der Waals surface area (Å²) in [6, 6.07) is 12.3. The van der Waals surface area contributed by atoms with Gasteiger partial charge >= 0.3 is 0 Å². The average molecular weight is 396 g/mol. The van der Waals surface area contributed by atoms with Crippen LogP contribution in [0.15, 0.2) is 53.4 Å². The van der Waals surface area contributed by atoms with Gasteiger partial charge < -0.3 is 4.74 Å². The third-order valence-corrected chi connectivity index (χ3v) is 4.43. The Morgan fingerprint density at radius 2 is 1.62 bits per heavy atom. The van der Waals surface area contributed by atoms with E-state index in [4.69, 9.17) is 15.4 Å². The van der Waals surface area contributed by atoms with E-state index in [9.17, 15) is 12.8 Å². The van der Waals surface area contributed by atoms with Gasteiger partial charge in [0.1, 0.15) is 11.6 Å². The molecular formula is C14H13BrClFO3S. The first-order valence-corrected chi connectivity index (χ1v) is 9.19. The second kappa shape index (κ2) is 8.36. The molecule has 0 bridgehead atoms. The first-order valence-electron chi connectivity index (χ1n) is 5.76. The van der Waals surface area contributed by atoms with Crippen LogP contribution >= 0.6 is 26.6 Å². The van der Waals surface area contributed by atoms with Crippen LogP contribution in [0, 0.1) is 5.82 Å². The van der Waals surface area contributed by atoms with Crippen molar-refractivity contribution in [1.82, 2.24) is 0 Å². The molecular weight excluding hydrogens is 383 g/mol. The highest BCUT2D eigenvalue weighted by atomic mass is 79.9. The highest BCUT2D eigenvalue weighted by molar-refractivity contribution is 9.08. The Morgan fingerprint density at radius 3 is 2.00 bits per heavy atom. The van der Waals surface area contributed by atoms with Crippen LogP contribution in [0.1, 0.15) is 5.56 Å². The molecule has 114 valence electrons. The minimum Gasteiger partial charge on any atom is -0.497 e. The molecule has 0 N–H and O–H groups in total. The third kappa shape index (κ3) is 6.46. The normalized spacial score (nSPS) is 10.5. The van der Waals surface area contributed by atoms with Gasteiger partial charge in [0, 0.05) is 16.0 Å². The van der Waals surface area contributed by atoms with Crippen LogP contribution in [-0.4, -0.2) is 15.5 Å². The number of ether oxygens (including phenoxy) is 1. The van der Waals surface area contributed by atoms with Gasteiger partial charge in [-0.05, 0) is 42.0 Å². The summed E-state index contributed by atoms with van der Waals surface area (Å²) in [7, 11) is 2.98. The van der Waals surface area contributed by atoms with Crippen LogP contribution in [-0.2, 0) is 14.4 Å². The Morgan fingerprint density at radius 1 is 1.10 bits per heavy atom. The van der Waals surface area contributed by atoms with E-state index in [1.54, 1.807) is 12.1 Å². The quantitative estimate of drug-likeness (QED) is 0.573. The molecule has 7 heteroatoms. The summed E-state index contributed by atoms with van der Waals surface area (Å²) in [5.74, 6) is 0.416. The van der Waals surface area contributed by atoms with Crippen molar-refractivity contribution in [2.45, 2.75) is 10.2 Å². The largest absolute Gasteiger partial charge is 0.497 e. The smallest absolute Gasteiger partial charge is 0.261 e. The topological polar surface area (TPSA) is 43.4 Å². The second-order valence-corrected chi connectivity index (χ2v) is 7.00. The molecule has 2 aromatic rings. The number of halogens is 3. The molecule has 0 spiro atoms. The fourth-order valence-electron chi connectivity index (χ4n) is 1.31. The SMILES string of the molecule is COc1ccc(S(=O)(=O)Cl)cc1.Fc1ccc(CBr)cc1. The summed E-state index contributed by atoms with van der Waals surface area (Å²) < 4.78 is 38.6. The first kappa shape index (κ1) is 17.9. The van der Waals surface area contributed by atoms with Gasteiger partial charge in [-0.1, -0.05) is 28.1 Å². The second-order valence-electron chi connectivity index (χ2n) is 3.87. The Bertz CT molecular complexity index is 658. The van der Waals surface area contributed by atoms with Gasteiger partial charge in [-0.3, -0.25) is 0 Å². The monoisotopic (exact) mass is 394 g/mol. The van der Waals surface area contributed by atoms with E-state index in [0.29, 0.717) is 5.75 Å². The minimum absolute atomic E-state index is 0.0740. The van der Waals surface area contributed by atoms with Gasteiger partial charge in [0.05, 0.1) is 12.0 Å². The maximum absolute atomic E-state index is 12.2. The summed E-state index contributed by atoms with van der Waals surface area (Å²) >= 11 is 3.26. The molecule has 0 aliphatic carbocycles. The molecule has 21 heavy (non-hydrogen) atoms. The third-order valence-electron chi connectivity index (χ3n) is 2.41. The molecule has 0 aliphatic rings. The van der Waals surface area contributed by atoms with Crippen molar-refractivity contribution in [3.63, 3.8) is 0 Å². The Labute approximate surface area is 136 Å².